The third-order valence-corrected chi connectivity index (χ3v) is 4.09. The highest BCUT2D eigenvalue weighted by atomic mass is 127. The van der Waals surface area contributed by atoms with Crippen molar-refractivity contribution in [2.24, 2.45) is 5.16 Å². The molecule has 22 heavy (non-hydrogen) atoms. The van der Waals surface area contributed by atoms with Crippen molar-refractivity contribution < 1.29 is 14.0 Å². The first kappa shape index (κ1) is 15.0. The van der Waals surface area contributed by atoms with Gasteiger partial charge in [0.05, 0.1) is 6.21 Å². The maximum Gasteiger partial charge on any atom is 0.347 e. The number of nitrogens with zero attached hydrogens (tertiary/aromatic N) is 1. The summed E-state index contributed by atoms with van der Waals surface area (Å²) in [7, 11) is 0. The molecule has 2 aromatic carbocycles. The summed E-state index contributed by atoms with van der Waals surface area (Å²) < 4.78 is 14.7. The van der Waals surface area contributed by atoms with Gasteiger partial charge in [-0.2, -0.15) is 0 Å². The molecule has 0 fully saturated rings. The Labute approximate surface area is 140 Å². The van der Waals surface area contributed by atoms with Crippen LogP contribution in [0.15, 0.2) is 41.6 Å². The second kappa shape index (κ2) is 6.04. The summed E-state index contributed by atoms with van der Waals surface area (Å²) in [4.78, 5) is 16.3. The van der Waals surface area contributed by atoms with Gasteiger partial charge in [-0.25, -0.2) is 9.18 Å². The normalized spacial score (nSPS) is 16.7. The van der Waals surface area contributed by atoms with Gasteiger partial charge < -0.3 is 10.2 Å². The highest BCUT2D eigenvalue weighted by molar-refractivity contribution is 14.1. The average molecular weight is 410 g/mol. The zero-order valence-corrected chi connectivity index (χ0v) is 13.8. The van der Waals surface area contributed by atoms with Gasteiger partial charge in [-0.1, -0.05) is 11.2 Å². The maximum absolute atomic E-state index is 13.6. The van der Waals surface area contributed by atoms with Crippen molar-refractivity contribution in [1.29, 1.82) is 0 Å². The molecule has 112 valence electrons. The maximum atomic E-state index is 13.6. The summed E-state index contributed by atoms with van der Waals surface area (Å²) in [5.74, 6) is -1.46. The van der Waals surface area contributed by atoms with Crippen LogP contribution in [0.4, 0.5) is 15.8 Å². The van der Waals surface area contributed by atoms with Crippen LogP contribution in [0.25, 0.3) is 0 Å². The van der Waals surface area contributed by atoms with E-state index in [-0.39, 0.29) is 5.82 Å². The lowest BCUT2D eigenvalue weighted by Gasteiger charge is -2.15. The zero-order chi connectivity index (χ0) is 15.7. The highest BCUT2D eigenvalue weighted by Gasteiger charge is 2.28. The topological polar surface area (TPSA) is 50.7 Å². The first-order chi connectivity index (χ1) is 10.5. The van der Waals surface area contributed by atoms with Crippen LogP contribution in [0.5, 0.6) is 0 Å². The molecule has 2 aromatic rings. The number of hydrogen-bond acceptors (Lipinski definition) is 4. The van der Waals surface area contributed by atoms with Crippen molar-refractivity contribution in [1.82, 2.24) is 0 Å². The Morgan fingerprint density at radius 2 is 2.05 bits per heavy atom. The summed E-state index contributed by atoms with van der Waals surface area (Å²) >= 11 is 2.23. The van der Waals surface area contributed by atoms with Crippen molar-refractivity contribution in [2.45, 2.75) is 12.8 Å². The summed E-state index contributed by atoms with van der Waals surface area (Å²) in [5, 5.41) is 6.72. The van der Waals surface area contributed by atoms with Crippen LogP contribution >= 0.6 is 22.6 Å². The Morgan fingerprint density at radius 1 is 1.23 bits per heavy atom. The number of benzene rings is 2. The fraction of sp³-hybridized carbons (Fsp3) is 0.125. The molecular weight excluding hydrogens is 398 g/mol. The molecule has 0 saturated heterocycles. The minimum atomic E-state index is -0.618. The van der Waals surface area contributed by atoms with E-state index in [0.717, 1.165) is 14.8 Å². The number of rotatable bonds is 3. The minimum Gasteiger partial charge on any atom is -0.355 e. The lowest BCUT2D eigenvalue weighted by molar-refractivity contribution is -0.141. The van der Waals surface area contributed by atoms with E-state index in [1.165, 1.54) is 18.3 Å². The molecule has 0 bridgehead atoms. The molecule has 0 radical (unpaired) electrons. The van der Waals surface area contributed by atoms with E-state index in [2.05, 4.69) is 37.9 Å². The largest absolute Gasteiger partial charge is 0.355 e. The van der Waals surface area contributed by atoms with Crippen molar-refractivity contribution in [3.8, 4) is 0 Å². The van der Waals surface area contributed by atoms with Crippen molar-refractivity contribution >= 4 is 46.1 Å². The molecule has 1 heterocycles. The molecule has 6 heteroatoms. The number of aryl methyl sites for hydroxylation is 1. The second-order valence-corrected chi connectivity index (χ2v) is 6.20. The number of hydrogen-bond donors (Lipinski definition) is 1. The van der Waals surface area contributed by atoms with Gasteiger partial charge in [0.2, 0.25) is 0 Å². The number of carbonyl (C=O) groups excluding carboxylic acids is 1. The van der Waals surface area contributed by atoms with E-state index in [4.69, 9.17) is 0 Å². The third-order valence-electron chi connectivity index (χ3n) is 3.41. The van der Waals surface area contributed by atoms with Gasteiger partial charge in [-0.05, 0) is 71.0 Å². The predicted octanol–water partition coefficient (Wildman–Crippen LogP) is 4.11. The minimum absolute atomic E-state index is 0.377. The summed E-state index contributed by atoms with van der Waals surface area (Å²) in [6.45, 7) is 1.97. The number of anilines is 2. The number of carbonyl (C=O) groups is 1. The molecule has 0 aromatic heterocycles. The Morgan fingerprint density at radius 3 is 2.73 bits per heavy atom. The van der Waals surface area contributed by atoms with Crippen LogP contribution in [-0.4, -0.2) is 12.2 Å². The monoisotopic (exact) mass is 410 g/mol. The van der Waals surface area contributed by atoms with Gasteiger partial charge in [0.25, 0.3) is 0 Å². The molecular formula is C16H12FIN2O2. The SMILES string of the molecule is Cc1cc(I)ccc1Nc1cc(F)ccc1C1C=NOC1=O. The molecule has 0 aliphatic carbocycles. The second-order valence-electron chi connectivity index (χ2n) is 4.96. The molecule has 1 unspecified atom stereocenters. The Hall–Kier alpha value is -1.96. The Kier molecular flexibility index (Phi) is 4.10. The lowest BCUT2D eigenvalue weighted by atomic mass is 9.98. The molecule has 1 N–H and O–H groups in total. The average Bonchev–Trinajstić information content (AvgIpc) is 2.88. The van der Waals surface area contributed by atoms with Crippen LogP contribution in [-0.2, 0) is 9.63 Å². The summed E-state index contributed by atoms with van der Waals surface area (Å²) in [6, 6.07) is 10.2. The van der Waals surface area contributed by atoms with Gasteiger partial charge in [0.1, 0.15) is 11.7 Å². The molecule has 1 aliphatic rings. The van der Waals surface area contributed by atoms with E-state index in [9.17, 15) is 9.18 Å². The van der Waals surface area contributed by atoms with E-state index >= 15 is 0 Å². The molecule has 0 spiro atoms. The Bertz CT molecular complexity index is 777. The standard InChI is InChI=1S/C16H12FIN2O2/c1-9-6-11(18)3-5-14(9)20-15-7-10(17)2-4-12(15)13-8-19-22-16(13)21/h2-8,13,20H,1H3. The smallest absolute Gasteiger partial charge is 0.347 e. The molecule has 0 saturated carbocycles. The molecule has 1 atom stereocenters. The highest BCUT2D eigenvalue weighted by Crippen LogP contribution is 2.31. The first-order valence-corrected chi connectivity index (χ1v) is 7.69. The zero-order valence-electron chi connectivity index (χ0n) is 11.6. The third kappa shape index (κ3) is 2.96. The number of nitrogens with one attached hydrogen (secondary N) is 1. The fourth-order valence-electron chi connectivity index (χ4n) is 2.29. The quantitative estimate of drug-likeness (QED) is 0.612. The predicted molar refractivity (Wildman–Crippen MR) is 90.9 cm³/mol. The summed E-state index contributed by atoms with van der Waals surface area (Å²) in [5.41, 5.74) is 3.05. The van der Waals surface area contributed by atoms with E-state index in [0.29, 0.717) is 11.3 Å². The van der Waals surface area contributed by atoms with E-state index < -0.39 is 11.9 Å². The number of halogens is 2. The van der Waals surface area contributed by atoms with Crippen LogP contribution in [0.1, 0.15) is 17.0 Å². The molecule has 3 rings (SSSR count). The van der Waals surface area contributed by atoms with Gasteiger partial charge >= 0.3 is 5.97 Å². The fourth-order valence-corrected chi connectivity index (χ4v) is 2.94. The van der Waals surface area contributed by atoms with Crippen LogP contribution in [0, 0.1) is 16.3 Å². The molecule has 0 amide bonds. The van der Waals surface area contributed by atoms with E-state index in [1.54, 1.807) is 6.07 Å². The van der Waals surface area contributed by atoms with Crippen LogP contribution in [0.3, 0.4) is 0 Å². The van der Waals surface area contributed by atoms with Crippen LogP contribution < -0.4 is 5.32 Å². The van der Waals surface area contributed by atoms with Crippen molar-refractivity contribution in [3.63, 3.8) is 0 Å². The van der Waals surface area contributed by atoms with Gasteiger partial charge in [0.15, 0.2) is 0 Å². The van der Waals surface area contributed by atoms with E-state index in [1.807, 2.05) is 25.1 Å². The molecule has 4 nitrogen and oxygen atoms in total. The molecule has 1 aliphatic heterocycles. The van der Waals surface area contributed by atoms with Crippen molar-refractivity contribution in [2.75, 3.05) is 5.32 Å². The van der Waals surface area contributed by atoms with Gasteiger partial charge in [-0.3, -0.25) is 0 Å². The Balaban J connectivity index is 2.00. The first-order valence-electron chi connectivity index (χ1n) is 6.61. The van der Waals surface area contributed by atoms with Gasteiger partial charge in [0, 0.05) is 14.9 Å². The lowest BCUT2D eigenvalue weighted by Crippen LogP contribution is -2.11. The summed E-state index contributed by atoms with van der Waals surface area (Å²) in [6.07, 6.45) is 1.42. The van der Waals surface area contributed by atoms with Gasteiger partial charge in [-0.15, -0.1) is 0 Å². The number of oxime groups is 1. The van der Waals surface area contributed by atoms with Crippen molar-refractivity contribution in [3.05, 3.63) is 56.9 Å². The van der Waals surface area contributed by atoms with Crippen LogP contribution in [0.2, 0.25) is 0 Å².